The van der Waals surface area contributed by atoms with E-state index in [0.29, 0.717) is 23.7 Å². The van der Waals surface area contributed by atoms with E-state index in [4.69, 9.17) is 0 Å². The summed E-state index contributed by atoms with van der Waals surface area (Å²) in [5.74, 6) is 4.25. The third kappa shape index (κ3) is 3.59. The summed E-state index contributed by atoms with van der Waals surface area (Å²) in [6.45, 7) is 14.0. The second kappa shape index (κ2) is 6.23. The van der Waals surface area contributed by atoms with Crippen molar-refractivity contribution in [1.82, 2.24) is 0 Å². The van der Waals surface area contributed by atoms with Crippen molar-refractivity contribution in [2.24, 2.45) is 17.8 Å². The summed E-state index contributed by atoms with van der Waals surface area (Å²) in [6, 6.07) is 11.0. The maximum atomic E-state index is 2.34. The Balaban J connectivity index is 3.08. The summed E-state index contributed by atoms with van der Waals surface area (Å²) in [5, 5.41) is 0. The van der Waals surface area contributed by atoms with Crippen LogP contribution in [0, 0.1) is 23.7 Å². The van der Waals surface area contributed by atoms with Crippen LogP contribution < -0.4 is 0 Å². The van der Waals surface area contributed by atoms with Crippen LogP contribution in [0.15, 0.2) is 30.3 Å². The van der Waals surface area contributed by atoms with Crippen molar-refractivity contribution in [2.75, 3.05) is 0 Å². The Morgan fingerprint density at radius 1 is 0.765 bits per heavy atom. The minimum atomic E-state index is 0.594. The highest BCUT2D eigenvalue weighted by Crippen LogP contribution is 2.42. The van der Waals surface area contributed by atoms with Gasteiger partial charge < -0.3 is 0 Å². The zero-order valence-corrected chi connectivity index (χ0v) is 12.2. The molecule has 0 aliphatic carbocycles. The lowest BCUT2D eigenvalue weighted by Gasteiger charge is -2.36. The van der Waals surface area contributed by atoms with E-state index < -0.39 is 0 Å². The summed E-state index contributed by atoms with van der Waals surface area (Å²) in [7, 11) is 0. The van der Waals surface area contributed by atoms with Crippen LogP contribution in [-0.4, -0.2) is 0 Å². The zero-order valence-electron chi connectivity index (χ0n) is 12.2. The van der Waals surface area contributed by atoms with Gasteiger partial charge in [-0.05, 0) is 35.2 Å². The number of hydrogen-bond acceptors (Lipinski definition) is 0. The molecule has 0 aliphatic rings. The van der Waals surface area contributed by atoms with E-state index in [1.807, 2.05) is 0 Å². The fraction of sp³-hybridized carbons (Fsp3) is 0.588. The van der Waals surface area contributed by atoms with E-state index in [2.05, 4.69) is 71.9 Å². The Morgan fingerprint density at radius 2 is 1.24 bits per heavy atom. The number of benzene rings is 1. The van der Waals surface area contributed by atoms with Crippen molar-refractivity contribution in [2.45, 2.75) is 47.5 Å². The molecule has 1 aromatic rings. The molecule has 95 valence electrons. The SMILES string of the molecule is CC(C)[C](C(C)C)C(c1ccccc1)C(C)C. The van der Waals surface area contributed by atoms with Gasteiger partial charge in [0.1, 0.15) is 0 Å². The monoisotopic (exact) mass is 231 g/mol. The standard InChI is InChI=1S/C17H27/c1-12(2)16(13(3)4)17(14(5)6)15-10-8-7-9-11-15/h7-14,17H,1-6H3. The van der Waals surface area contributed by atoms with Gasteiger partial charge in [-0.25, -0.2) is 0 Å². The highest BCUT2D eigenvalue weighted by molar-refractivity contribution is 5.27. The molecule has 0 aromatic heterocycles. The molecule has 1 rings (SSSR count). The second-order valence-electron chi connectivity index (χ2n) is 5.94. The van der Waals surface area contributed by atoms with Gasteiger partial charge in [-0.1, -0.05) is 71.9 Å². The highest BCUT2D eigenvalue weighted by Gasteiger charge is 2.31. The topological polar surface area (TPSA) is 0 Å². The highest BCUT2D eigenvalue weighted by atomic mass is 14.3. The van der Waals surface area contributed by atoms with Crippen LogP contribution in [0.4, 0.5) is 0 Å². The van der Waals surface area contributed by atoms with Crippen molar-refractivity contribution >= 4 is 0 Å². The van der Waals surface area contributed by atoms with Crippen LogP contribution in [0.1, 0.15) is 53.0 Å². The van der Waals surface area contributed by atoms with Gasteiger partial charge in [-0.2, -0.15) is 0 Å². The quantitative estimate of drug-likeness (QED) is 0.644. The van der Waals surface area contributed by atoms with Gasteiger partial charge in [0.2, 0.25) is 0 Å². The van der Waals surface area contributed by atoms with Crippen LogP contribution in [-0.2, 0) is 0 Å². The molecule has 1 unspecified atom stereocenters. The zero-order chi connectivity index (χ0) is 13.0. The second-order valence-corrected chi connectivity index (χ2v) is 5.94. The van der Waals surface area contributed by atoms with E-state index in [9.17, 15) is 0 Å². The molecule has 0 aliphatic heterocycles. The number of hydrogen-bond donors (Lipinski definition) is 0. The largest absolute Gasteiger partial charge is 0.0622 e. The molecule has 0 amide bonds. The van der Waals surface area contributed by atoms with Crippen LogP contribution >= 0.6 is 0 Å². The molecule has 0 heteroatoms. The fourth-order valence-electron chi connectivity index (χ4n) is 3.01. The summed E-state index contributed by atoms with van der Waals surface area (Å²) < 4.78 is 0. The van der Waals surface area contributed by atoms with E-state index in [1.165, 1.54) is 5.56 Å². The Morgan fingerprint density at radius 3 is 1.59 bits per heavy atom. The van der Waals surface area contributed by atoms with Crippen LogP contribution in [0.2, 0.25) is 0 Å². The molecule has 0 fully saturated rings. The first-order valence-corrected chi connectivity index (χ1v) is 6.86. The van der Waals surface area contributed by atoms with Crippen molar-refractivity contribution < 1.29 is 0 Å². The summed E-state index contributed by atoms with van der Waals surface area (Å²) in [6.07, 6.45) is 0. The maximum Gasteiger partial charge on any atom is -0.00716 e. The lowest BCUT2D eigenvalue weighted by Crippen LogP contribution is -2.25. The molecule has 0 saturated carbocycles. The molecule has 0 N–H and O–H groups in total. The van der Waals surface area contributed by atoms with Gasteiger partial charge in [0.05, 0.1) is 0 Å². The average molecular weight is 231 g/mol. The molecule has 0 heterocycles. The third-order valence-electron chi connectivity index (χ3n) is 3.52. The summed E-state index contributed by atoms with van der Waals surface area (Å²) in [4.78, 5) is 0. The van der Waals surface area contributed by atoms with E-state index >= 15 is 0 Å². The maximum absolute atomic E-state index is 2.34. The molecule has 0 spiro atoms. The van der Waals surface area contributed by atoms with Gasteiger partial charge in [-0.15, -0.1) is 0 Å². The first-order chi connectivity index (χ1) is 7.95. The van der Waals surface area contributed by atoms with Gasteiger partial charge in [0.25, 0.3) is 0 Å². The van der Waals surface area contributed by atoms with Gasteiger partial charge in [0, 0.05) is 0 Å². The third-order valence-corrected chi connectivity index (χ3v) is 3.52. The predicted molar refractivity (Wildman–Crippen MR) is 76.9 cm³/mol. The van der Waals surface area contributed by atoms with Crippen molar-refractivity contribution in [3.8, 4) is 0 Å². The first-order valence-electron chi connectivity index (χ1n) is 6.86. The summed E-state index contributed by atoms with van der Waals surface area (Å²) in [5.41, 5.74) is 1.47. The number of rotatable bonds is 5. The molecule has 0 saturated heterocycles. The fourth-order valence-corrected chi connectivity index (χ4v) is 3.01. The van der Waals surface area contributed by atoms with Crippen molar-refractivity contribution in [3.05, 3.63) is 41.8 Å². The van der Waals surface area contributed by atoms with Gasteiger partial charge >= 0.3 is 0 Å². The molecular weight excluding hydrogens is 204 g/mol. The first kappa shape index (κ1) is 14.3. The van der Waals surface area contributed by atoms with Crippen LogP contribution in [0.25, 0.3) is 0 Å². The Hall–Kier alpha value is -0.780. The van der Waals surface area contributed by atoms with Crippen molar-refractivity contribution in [3.63, 3.8) is 0 Å². The molecular formula is C17H27. The van der Waals surface area contributed by atoms with E-state index in [-0.39, 0.29) is 0 Å². The predicted octanol–water partition coefficient (Wildman–Crippen LogP) is 5.31. The molecule has 1 radical (unpaired) electrons. The van der Waals surface area contributed by atoms with Crippen molar-refractivity contribution in [1.29, 1.82) is 0 Å². The lowest BCUT2D eigenvalue weighted by molar-refractivity contribution is 0.378. The molecule has 0 bridgehead atoms. The Bertz CT molecular complexity index is 300. The van der Waals surface area contributed by atoms with Crippen LogP contribution in [0.3, 0.4) is 0 Å². The minimum absolute atomic E-state index is 0.594. The molecule has 17 heavy (non-hydrogen) atoms. The smallest absolute Gasteiger partial charge is 0.00716 e. The van der Waals surface area contributed by atoms with Gasteiger partial charge in [0.15, 0.2) is 0 Å². The average Bonchev–Trinajstić information content (AvgIpc) is 2.25. The molecule has 0 nitrogen and oxygen atoms in total. The minimum Gasteiger partial charge on any atom is -0.0622 e. The van der Waals surface area contributed by atoms with Gasteiger partial charge in [-0.3, -0.25) is 0 Å². The Labute approximate surface area is 107 Å². The van der Waals surface area contributed by atoms with E-state index in [1.54, 1.807) is 5.92 Å². The summed E-state index contributed by atoms with van der Waals surface area (Å²) >= 11 is 0. The molecule has 1 atom stereocenters. The Kier molecular flexibility index (Phi) is 5.24. The normalized spacial score (nSPS) is 14.0. The molecule has 1 aromatic carbocycles. The van der Waals surface area contributed by atoms with E-state index in [0.717, 1.165) is 0 Å². The van der Waals surface area contributed by atoms with Crippen LogP contribution in [0.5, 0.6) is 0 Å². The lowest BCUT2D eigenvalue weighted by atomic mass is 9.69.